The molecule has 1 N–H and O–H groups in total. The van der Waals surface area contributed by atoms with Crippen molar-refractivity contribution in [3.63, 3.8) is 0 Å². The standard InChI is InChI=1S/C23H17NO3S/c25-23(26)17-6-11-20(12-7-17)28-21-13-9-19(10-14-21)27-15-18-8-5-16-3-1-2-4-22(16)24-18/h1-14H,15H2,(H,25,26). The van der Waals surface area contributed by atoms with Gasteiger partial charge in [0.1, 0.15) is 12.4 Å². The molecule has 138 valence electrons. The van der Waals surface area contributed by atoms with Gasteiger partial charge in [0, 0.05) is 15.2 Å². The minimum atomic E-state index is -0.918. The Morgan fingerprint density at radius 2 is 1.54 bits per heavy atom. The molecule has 0 spiro atoms. The van der Waals surface area contributed by atoms with E-state index in [2.05, 4.69) is 11.1 Å². The average molecular weight is 387 g/mol. The van der Waals surface area contributed by atoms with Gasteiger partial charge in [0.2, 0.25) is 0 Å². The number of para-hydroxylation sites is 1. The zero-order valence-corrected chi connectivity index (χ0v) is 15.7. The van der Waals surface area contributed by atoms with Crippen LogP contribution in [0.2, 0.25) is 0 Å². The Labute approximate surface area is 166 Å². The van der Waals surface area contributed by atoms with E-state index < -0.39 is 5.97 Å². The first-order valence-electron chi connectivity index (χ1n) is 8.76. The van der Waals surface area contributed by atoms with Crippen molar-refractivity contribution in [1.82, 2.24) is 4.98 Å². The van der Waals surface area contributed by atoms with Gasteiger partial charge in [-0.3, -0.25) is 0 Å². The first kappa shape index (κ1) is 18.1. The van der Waals surface area contributed by atoms with Crippen molar-refractivity contribution in [3.8, 4) is 5.75 Å². The summed E-state index contributed by atoms with van der Waals surface area (Å²) in [5.41, 5.74) is 2.13. The number of aromatic nitrogens is 1. The van der Waals surface area contributed by atoms with Crippen molar-refractivity contribution in [2.24, 2.45) is 0 Å². The predicted molar refractivity (Wildman–Crippen MR) is 110 cm³/mol. The van der Waals surface area contributed by atoms with Crippen LogP contribution in [0.5, 0.6) is 5.75 Å². The molecule has 28 heavy (non-hydrogen) atoms. The van der Waals surface area contributed by atoms with Gasteiger partial charge in [-0.2, -0.15) is 0 Å². The van der Waals surface area contributed by atoms with Crippen molar-refractivity contribution >= 4 is 28.6 Å². The van der Waals surface area contributed by atoms with Gasteiger partial charge in [0.05, 0.1) is 16.8 Å². The zero-order valence-electron chi connectivity index (χ0n) is 14.9. The predicted octanol–water partition coefficient (Wildman–Crippen LogP) is 5.66. The fourth-order valence-electron chi connectivity index (χ4n) is 2.75. The quantitative estimate of drug-likeness (QED) is 0.462. The summed E-state index contributed by atoms with van der Waals surface area (Å²) in [7, 11) is 0. The van der Waals surface area contributed by atoms with Crippen molar-refractivity contribution < 1.29 is 14.6 Å². The number of hydrogen-bond acceptors (Lipinski definition) is 4. The molecule has 0 atom stereocenters. The van der Waals surface area contributed by atoms with Crippen molar-refractivity contribution in [2.75, 3.05) is 0 Å². The van der Waals surface area contributed by atoms with Crippen LogP contribution in [0.3, 0.4) is 0 Å². The smallest absolute Gasteiger partial charge is 0.335 e. The second kappa shape index (κ2) is 8.15. The van der Waals surface area contributed by atoms with E-state index in [0.29, 0.717) is 6.61 Å². The van der Waals surface area contributed by atoms with E-state index >= 15 is 0 Å². The highest BCUT2D eigenvalue weighted by atomic mass is 32.2. The Balaban J connectivity index is 1.37. The van der Waals surface area contributed by atoms with Gasteiger partial charge >= 0.3 is 5.97 Å². The molecule has 3 aromatic carbocycles. The molecular formula is C23H17NO3S. The van der Waals surface area contributed by atoms with Crippen LogP contribution in [0, 0.1) is 0 Å². The summed E-state index contributed by atoms with van der Waals surface area (Å²) in [5, 5.41) is 10.1. The van der Waals surface area contributed by atoms with Crippen LogP contribution in [-0.4, -0.2) is 16.1 Å². The summed E-state index contributed by atoms with van der Waals surface area (Å²) in [5.74, 6) is -0.139. The number of nitrogens with zero attached hydrogens (tertiary/aromatic N) is 1. The third-order valence-electron chi connectivity index (χ3n) is 4.20. The van der Waals surface area contributed by atoms with E-state index in [1.807, 2.05) is 66.7 Å². The Morgan fingerprint density at radius 1 is 0.857 bits per heavy atom. The largest absolute Gasteiger partial charge is 0.487 e. The lowest BCUT2D eigenvalue weighted by Gasteiger charge is -2.08. The number of pyridine rings is 1. The molecule has 1 aromatic heterocycles. The highest BCUT2D eigenvalue weighted by Crippen LogP contribution is 2.29. The Hall–Kier alpha value is -3.31. The molecule has 0 saturated heterocycles. The number of rotatable bonds is 6. The molecule has 0 aliphatic heterocycles. The maximum absolute atomic E-state index is 10.9. The first-order valence-corrected chi connectivity index (χ1v) is 9.58. The number of carboxylic acid groups (broad SMARTS) is 1. The lowest BCUT2D eigenvalue weighted by molar-refractivity contribution is 0.0697. The van der Waals surface area contributed by atoms with Crippen LogP contribution < -0.4 is 4.74 Å². The first-order chi connectivity index (χ1) is 13.7. The Morgan fingerprint density at radius 3 is 2.25 bits per heavy atom. The zero-order chi connectivity index (χ0) is 19.3. The van der Waals surface area contributed by atoms with E-state index in [1.54, 1.807) is 23.9 Å². The van der Waals surface area contributed by atoms with E-state index in [0.717, 1.165) is 32.1 Å². The minimum absolute atomic E-state index is 0.287. The molecule has 0 aliphatic carbocycles. The van der Waals surface area contributed by atoms with Crippen LogP contribution in [-0.2, 0) is 6.61 Å². The number of hydrogen-bond donors (Lipinski definition) is 1. The lowest BCUT2D eigenvalue weighted by Crippen LogP contribution is -1.98. The van der Waals surface area contributed by atoms with Crippen LogP contribution in [0.15, 0.2) is 94.7 Å². The summed E-state index contributed by atoms with van der Waals surface area (Å²) in [6, 6.07) is 26.7. The van der Waals surface area contributed by atoms with Gasteiger partial charge < -0.3 is 9.84 Å². The maximum atomic E-state index is 10.9. The van der Waals surface area contributed by atoms with E-state index in [1.165, 1.54) is 0 Å². The van der Waals surface area contributed by atoms with Crippen LogP contribution in [0.25, 0.3) is 10.9 Å². The molecule has 0 bridgehead atoms. The van der Waals surface area contributed by atoms with Gasteiger partial charge in [-0.25, -0.2) is 9.78 Å². The highest BCUT2D eigenvalue weighted by Gasteiger charge is 2.04. The second-order valence-corrected chi connectivity index (χ2v) is 7.33. The van der Waals surface area contributed by atoms with E-state index in [4.69, 9.17) is 9.84 Å². The summed E-state index contributed by atoms with van der Waals surface area (Å²) < 4.78 is 5.85. The average Bonchev–Trinajstić information content (AvgIpc) is 2.73. The molecule has 4 nitrogen and oxygen atoms in total. The second-order valence-electron chi connectivity index (χ2n) is 6.19. The number of carboxylic acids is 1. The van der Waals surface area contributed by atoms with E-state index in [9.17, 15) is 4.79 Å². The molecule has 5 heteroatoms. The molecule has 0 unspecified atom stereocenters. The fraction of sp³-hybridized carbons (Fsp3) is 0.0435. The molecule has 0 aliphatic rings. The van der Waals surface area contributed by atoms with Gasteiger partial charge in [-0.1, -0.05) is 36.0 Å². The molecule has 1 heterocycles. The number of fused-ring (bicyclic) bond motifs is 1. The van der Waals surface area contributed by atoms with Crippen molar-refractivity contribution in [1.29, 1.82) is 0 Å². The number of aromatic carboxylic acids is 1. The van der Waals surface area contributed by atoms with Gasteiger partial charge in [0.15, 0.2) is 0 Å². The maximum Gasteiger partial charge on any atom is 0.335 e. The van der Waals surface area contributed by atoms with Crippen LogP contribution >= 0.6 is 11.8 Å². The molecule has 0 amide bonds. The summed E-state index contributed by atoms with van der Waals surface area (Å²) >= 11 is 1.57. The van der Waals surface area contributed by atoms with Crippen LogP contribution in [0.4, 0.5) is 0 Å². The van der Waals surface area contributed by atoms with Gasteiger partial charge in [-0.15, -0.1) is 0 Å². The van der Waals surface area contributed by atoms with Crippen molar-refractivity contribution in [3.05, 3.63) is 96.2 Å². The van der Waals surface area contributed by atoms with Crippen LogP contribution in [0.1, 0.15) is 16.1 Å². The third-order valence-corrected chi connectivity index (χ3v) is 5.22. The molecule has 4 aromatic rings. The monoisotopic (exact) mass is 387 g/mol. The SMILES string of the molecule is O=C(O)c1ccc(Sc2ccc(OCc3ccc4ccccc4n3)cc2)cc1. The highest BCUT2D eigenvalue weighted by molar-refractivity contribution is 7.99. The van der Waals surface area contributed by atoms with Gasteiger partial charge in [-0.05, 0) is 60.7 Å². The molecule has 0 radical (unpaired) electrons. The topological polar surface area (TPSA) is 59.4 Å². The summed E-state index contributed by atoms with van der Waals surface area (Å²) in [6.07, 6.45) is 0. The molecular weight excluding hydrogens is 370 g/mol. The number of ether oxygens (including phenoxy) is 1. The summed E-state index contributed by atoms with van der Waals surface area (Å²) in [4.78, 5) is 17.6. The Kier molecular flexibility index (Phi) is 5.26. The number of carbonyl (C=O) groups is 1. The third kappa shape index (κ3) is 4.32. The minimum Gasteiger partial charge on any atom is -0.487 e. The van der Waals surface area contributed by atoms with E-state index in [-0.39, 0.29) is 5.56 Å². The summed E-state index contributed by atoms with van der Waals surface area (Å²) in [6.45, 7) is 0.411. The van der Waals surface area contributed by atoms with Gasteiger partial charge in [0.25, 0.3) is 0 Å². The molecule has 0 saturated carbocycles. The molecule has 0 fully saturated rings. The lowest BCUT2D eigenvalue weighted by atomic mass is 10.2. The Bertz CT molecular complexity index is 1110. The van der Waals surface area contributed by atoms with Crippen molar-refractivity contribution in [2.45, 2.75) is 16.4 Å². The number of benzene rings is 3. The fourth-order valence-corrected chi connectivity index (χ4v) is 3.57. The normalized spacial score (nSPS) is 10.7. The molecule has 4 rings (SSSR count).